The summed E-state index contributed by atoms with van der Waals surface area (Å²) in [6, 6.07) is 66.3. The van der Waals surface area contributed by atoms with Gasteiger partial charge in [-0.05, 0) is 128 Å². The largest absolute Gasteiger partial charge is 0.310 e. The van der Waals surface area contributed by atoms with Gasteiger partial charge in [-0.25, -0.2) is 0 Å². The van der Waals surface area contributed by atoms with Crippen molar-refractivity contribution in [3.8, 4) is 11.1 Å². The second-order valence-electron chi connectivity index (χ2n) is 17.5. The van der Waals surface area contributed by atoms with E-state index >= 15 is 0 Å². The maximum absolute atomic E-state index is 2.55. The predicted molar refractivity (Wildman–Crippen MR) is 253 cm³/mol. The Morgan fingerprint density at radius 2 is 1.15 bits per heavy atom. The topological polar surface area (TPSA) is 3.24 Å². The number of hydrogen-bond donors (Lipinski definition) is 0. The fourth-order valence-corrected chi connectivity index (χ4v) is 12.8. The highest BCUT2D eigenvalue weighted by Gasteiger charge is 2.50. The molecule has 1 heterocycles. The summed E-state index contributed by atoms with van der Waals surface area (Å²) >= 11 is 1.98. The Balaban J connectivity index is 1.11. The van der Waals surface area contributed by atoms with Gasteiger partial charge in [0.2, 0.25) is 0 Å². The lowest BCUT2D eigenvalue weighted by Crippen LogP contribution is -2.31. The zero-order chi connectivity index (χ0) is 40.0. The van der Waals surface area contributed by atoms with Crippen molar-refractivity contribution < 1.29 is 0 Å². The van der Waals surface area contributed by atoms with Crippen molar-refractivity contribution in [3.05, 3.63) is 250 Å². The van der Waals surface area contributed by atoms with Gasteiger partial charge in [0.25, 0.3) is 0 Å². The third kappa shape index (κ3) is 5.10. The van der Waals surface area contributed by atoms with Crippen LogP contribution in [0.15, 0.2) is 206 Å². The van der Waals surface area contributed by atoms with Crippen LogP contribution in [0.1, 0.15) is 70.0 Å². The lowest BCUT2D eigenvalue weighted by atomic mass is 9.65. The average Bonchev–Trinajstić information content (AvgIpc) is 3.91. The van der Waals surface area contributed by atoms with Gasteiger partial charge >= 0.3 is 0 Å². The third-order valence-electron chi connectivity index (χ3n) is 14.2. The lowest BCUT2D eigenvalue weighted by molar-refractivity contribution is 0.394. The third-order valence-corrected chi connectivity index (χ3v) is 15.4. The van der Waals surface area contributed by atoms with Crippen LogP contribution < -0.4 is 4.90 Å². The summed E-state index contributed by atoms with van der Waals surface area (Å²) in [5, 5.41) is 1.41. The Bertz CT molecular complexity index is 3010. The fourth-order valence-electron chi connectivity index (χ4n) is 11.5. The smallest absolute Gasteiger partial charge is 0.0677 e. The molecule has 1 aromatic heterocycles. The van der Waals surface area contributed by atoms with E-state index in [4.69, 9.17) is 0 Å². The maximum Gasteiger partial charge on any atom is 0.0677 e. The van der Waals surface area contributed by atoms with E-state index in [1.807, 2.05) is 11.3 Å². The molecule has 0 saturated carbocycles. The summed E-state index contributed by atoms with van der Waals surface area (Å²) in [5.41, 5.74) is 18.2. The van der Waals surface area contributed by atoms with E-state index in [0.717, 1.165) is 18.5 Å². The molecular formula is C58H45NS. The molecule has 12 rings (SSSR count). The van der Waals surface area contributed by atoms with Crippen LogP contribution in [-0.4, -0.2) is 0 Å². The second kappa shape index (κ2) is 13.5. The summed E-state index contributed by atoms with van der Waals surface area (Å²) in [6.45, 7) is 4.87. The highest BCUT2D eigenvalue weighted by molar-refractivity contribution is 7.20. The highest BCUT2D eigenvalue weighted by Crippen LogP contribution is 2.62. The molecule has 2 unspecified atom stereocenters. The van der Waals surface area contributed by atoms with Gasteiger partial charge in [0.15, 0.2) is 0 Å². The zero-order valence-electron chi connectivity index (χ0n) is 34.0. The molecule has 7 aromatic carbocycles. The molecule has 0 spiro atoms. The van der Waals surface area contributed by atoms with Gasteiger partial charge in [-0.2, -0.15) is 0 Å². The number of rotatable bonds is 6. The number of nitrogens with zero attached hydrogens (tertiary/aromatic N) is 1. The molecule has 0 bridgehead atoms. The van der Waals surface area contributed by atoms with Crippen molar-refractivity contribution in [2.24, 2.45) is 5.92 Å². The van der Waals surface area contributed by atoms with E-state index in [2.05, 4.69) is 219 Å². The minimum Gasteiger partial charge on any atom is -0.310 e. The molecule has 60 heavy (non-hydrogen) atoms. The van der Waals surface area contributed by atoms with Crippen molar-refractivity contribution in [1.29, 1.82) is 0 Å². The molecule has 4 aliphatic carbocycles. The van der Waals surface area contributed by atoms with Crippen molar-refractivity contribution in [1.82, 2.24) is 0 Å². The van der Waals surface area contributed by atoms with Crippen LogP contribution in [0.5, 0.6) is 0 Å². The first-order chi connectivity index (χ1) is 29.5. The highest BCUT2D eigenvalue weighted by atomic mass is 32.1. The Morgan fingerprint density at radius 3 is 1.88 bits per heavy atom. The van der Waals surface area contributed by atoms with Crippen LogP contribution in [-0.2, 0) is 17.3 Å². The number of aryl methyl sites for hydroxylation is 1. The zero-order valence-corrected chi connectivity index (χ0v) is 34.8. The SMILES string of the molecule is CC1(C)c2cc(N(c3ccc(-c4ccccc4)cc3)c3ccc4c(c3)C(c3ccccc3)(c3ccccc3)C3=C4c4sc5ccccc5c4CC3)ccc2C2C=CC=CC21. The van der Waals surface area contributed by atoms with E-state index in [1.54, 1.807) is 0 Å². The van der Waals surface area contributed by atoms with E-state index in [9.17, 15) is 0 Å². The van der Waals surface area contributed by atoms with E-state index < -0.39 is 5.41 Å². The normalized spacial score (nSPS) is 18.8. The second-order valence-corrected chi connectivity index (χ2v) is 18.6. The molecule has 4 aliphatic rings. The number of anilines is 3. The first-order valence-electron chi connectivity index (χ1n) is 21.5. The predicted octanol–water partition coefficient (Wildman–Crippen LogP) is 15.3. The van der Waals surface area contributed by atoms with Crippen LogP contribution in [0.4, 0.5) is 17.1 Å². The van der Waals surface area contributed by atoms with Gasteiger partial charge in [-0.3, -0.25) is 0 Å². The summed E-state index contributed by atoms with van der Waals surface area (Å²) in [6.07, 6.45) is 11.3. The number of fused-ring (bicyclic) bond motifs is 9. The standard InChI is InChI=1S/C58H45NS/c1-57(2)50-24-14-12-22-45(50)46-32-30-43(36-52(46)57)59(42-28-26-39(27-29-42)38-16-6-3-7-17-38)44-31-33-49-53(37-44)58(40-18-8-4-9-19-40,41-20-10-5-11-21-41)51-35-34-48-47-23-13-15-25-54(47)60-56(48)55(49)51/h3-33,36-37,45,50H,34-35H2,1-2H3. The quantitative estimate of drug-likeness (QED) is 0.162. The Labute approximate surface area is 357 Å². The van der Waals surface area contributed by atoms with Gasteiger partial charge < -0.3 is 4.90 Å². The van der Waals surface area contributed by atoms with Gasteiger partial charge in [-0.1, -0.05) is 172 Å². The average molecular weight is 788 g/mol. The van der Waals surface area contributed by atoms with Crippen molar-refractivity contribution >= 4 is 44.1 Å². The van der Waals surface area contributed by atoms with E-state index in [-0.39, 0.29) is 5.41 Å². The molecule has 2 atom stereocenters. The molecule has 0 radical (unpaired) electrons. The van der Waals surface area contributed by atoms with Crippen LogP contribution in [0.3, 0.4) is 0 Å². The van der Waals surface area contributed by atoms with Crippen LogP contribution in [0.25, 0.3) is 26.8 Å². The molecule has 0 amide bonds. The number of thiophene rings is 1. The molecule has 8 aromatic rings. The maximum atomic E-state index is 2.55. The Kier molecular flexibility index (Phi) is 7.99. The molecule has 288 valence electrons. The van der Waals surface area contributed by atoms with E-state index in [1.165, 1.54) is 87.6 Å². The van der Waals surface area contributed by atoms with Crippen LogP contribution in [0, 0.1) is 5.92 Å². The van der Waals surface area contributed by atoms with Crippen molar-refractivity contribution in [2.75, 3.05) is 4.90 Å². The summed E-state index contributed by atoms with van der Waals surface area (Å²) in [5.74, 6) is 0.848. The first kappa shape index (κ1) is 35.5. The molecule has 0 N–H and O–H groups in total. The minimum absolute atomic E-state index is 0.00124. The summed E-state index contributed by atoms with van der Waals surface area (Å²) < 4.78 is 1.38. The summed E-state index contributed by atoms with van der Waals surface area (Å²) in [7, 11) is 0. The summed E-state index contributed by atoms with van der Waals surface area (Å²) in [4.78, 5) is 3.96. The molecular weight excluding hydrogens is 743 g/mol. The Hall–Kier alpha value is -6.48. The van der Waals surface area contributed by atoms with Crippen LogP contribution in [0.2, 0.25) is 0 Å². The number of hydrogen-bond acceptors (Lipinski definition) is 2. The number of allylic oxidation sites excluding steroid dienone is 5. The molecule has 0 fully saturated rings. The van der Waals surface area contributed by atoms with Crippen LogP contribution >= 0.6 is 11.3 Å². The van der Waals surface area contributed by atoms with Gasteiger partial charge in [0.05, 0.1) is 5.41 Å². The van der Waals surface area contributed by atoms with Crippen molar-refractivity contribution in [3.63, 3.8) is 0 Å². The molecule has 0 saturated heterocycles. The van der Waals surface area contributed by atoms with Crippen molar-refractivity contribution in [2.45, 2.75) is 43.4 Å². The Morgan fingerprint density at radius 1 is 0.550 bits per heavy atom. The lowest BCUT2D eigenvalue weighted by Gasteiger charge is -2.37. The first-order valence-corrected chi connectivity index (χ1v) is 22.3. The van der Waals surface area contributed by atoms with Gasteiger partial charge in [0.1, 0.15) is 0 Å². The van der Waals surface area contributed by atoms with E-state index in [0.29, 0.717) is 11.8 Å². The molecule has 2 heteroatoms. The molecule has 0 aliphatic heterocycles. The minimum atomic E-state index is -0.450. The number of benzene rings is 7. The monoisotopic (exact) mass is 787 g/mol. The fraction of sp³-hybridized carbons (Fsp3) is 0.138. The molecule has 1 nitrogen and oxygen atoms in total. The van der Waals surface area contributed by atoms with Gasteiger partial charge in [-0.15, -0.1) is 11.3 Å². The van der Waals surface area contributed by atoms with Gasteiger partial charge in [0, 0.05) is 38.1 Å².